The van der Waals surface area contributed by atoms with Gasteiger partial charge in [-0.05, 0) is 69.1 Å². The molecular formula is C29H43N5O4. The first-order valence-electron chi connectivity index (χ1n) is 13.6. The van der Waals surface area contributed by atoms with E-state index in [0.717, 1.165) is 54.7 Å². The molecule has 9 nitrogen and oxygen atoms in total. The predicted molar refractivity (Wildman–Crippen MR) is 147 cm³/mol. The number of hydrogen-bond donors (Lipinski definition) is 0. The molecular weight excluding hydrogens is 482 g/mol. The van der Waals surface area contributed by atoms with E-state index in [9.17, 15) is 14.4 Å². The lowest BCUT2D eigenvalue weighted by Gasteiger charge is -2.31. The van der Waals surface area contributed by atoms with Crippen molar-refractivity contribution in [1.82, 2.24) is 24.5 Å². The first-order chi connectivity index (χ1) is 18.2. The number of amides is 3. The fraction of sp³-hybridized carbons (Fsp3) is 0.586. The maximum absolute atomic E-state index is 13.3. The molecule has 3 amide bonds. The second kappa shape index (κ2) is 14.0. The normalized spacial score (nSPS) is 17.2. The zero-order valence-corrected chi connectivity index (χ0v) is 23.6. The number of unbranched alkanes of at least 4 members (excludes halogenated alkanes) is 1. The Morgan fingerprint density at radius 3 is 2.63 bits per heavy atom. The lowest BCUT2D eigenvalue weighted by atomic mass is 10.1. The summed E-state index contributed by atoms with van der Waals surface area (Å²) in [6, 6.07) is 7.26. The first-order valence-corrected chi connectivity index (χ1v) is 13.6. The smallest absolute Gasteiger partial charge is 0.260 e. The number of aromatic nitrogens is 2. The van der Waals surface area contributed by atoms with Crippen LogP contribution in [0.4, 0.5) is 0 Å². The summed E-state index contributed by atoms with van der Waals surface area (Å²) in [4.78, 5) is 44.0. The number of likely N-dealkylation sites (N-methyl/N-ethyl adjacent to an activating group) is 2. The van der Waals surface area contributed by atoms with E-state index in [1.807, 2.05) is 63.2 Å². The molecule has 0 saturated carbocycles. The Bertz CT molecular complexity index is 1100. The van der Waals surface area contributed by atoms with Gasteiger partial charge in [0.2, 0.25) is 11.8 Å². The van der Waals surface area contributed by atoms with E-state index in [0.29, 0.717) is 32.4 Å². The van der Waals surface area contributed by atoms with Crippen LogP contribution < -0.4 is 4.74 Å². The van der Waals surface area contributed by atoms with E-state index in [1.54, 1.807) is 16.8 Å². The largest absolute Gasteiger partial charge is 0.483 e. The van der Waals surface area contributed by atoms with Gasteiger partial charge in [0.1, 0.15) is 11.8 Å². The topological polar surface area (TPSA) is 88.0 Å². The second-order valence-electron chi connectivity index (χ2n) is 10.3. The van der Waals surface area contributed by atoms with Crippen LogP contribution in [-0.2, 0) is 34.3 Å². The molecule has 0 fully saturated rings. The monoisotopic (exact) mass is 525 g/mol. The van der Waals surface area contributed by atoms with Gasteiger partial charge in [0, 0.05) is 53.4 Å². The number of ether oxygens (including phenoxy) is 1. The summed E-state index contributed by atoms with van der Waals surface area (Å²) >= 11 is 0. The van der Waals surface area contributed by atoms with Crippen molar-refractivity contribution in [1.29, 1.82) is 0 Å². The Morgan fingerprint density at radius 2 is 1.89 bits per heavy atom. The average molecular weight is 526 g/mol. The van der Waals surface area contributed by atoms with Crippen molar-refractivity contribution in [3.05, 3.63) is 47.3 Å². The van der Waals surface area contributed by atoms with Crippen molar-refractivity contribution >= 4 is 17.7 Å². The second-order valence-corrected chi connectivity index (χ2v) is 10.3. The Hall–Kier alpha value is -3.36. The van der Waals surface area contributed by atoms with E-state index >= 15 is 0 Å². The summed E-state index contributed by atoms with van der Waals surface area (Å²) < 4.78 is 7.69. The number of rotatable bonds is 8. The summed E-state index contributed by atoms with van der Waals surface area (Å²) in [5.41, 5.74) is 3.26. The van der Waals surface area contributed by atoms with E-state index in [4.69, 9.17) is 4.74 Å². The van der Waals surface area contributed by atoms with Gasteiger partial charge in [0.25, 0.3) is 5.91 Å². The van der Waals surface area contributed by atoms with Crippen LogP contribution in [0, 0.1) is 6.92 Å². The van der Waals surface area contributed by atoms with Gasteiger partial charge in [0.05, 0.1) is 6.20 Å². The molecule has 208 valence electrons. The van der Waals surface area contributed by atoms with Crippen LogP contribution in [0.3, 0.4) is 0 Å². The van der Waals surface area contributed by atoms with Gasteiger partial charge in [-0.3, -0.25) is 19.1 Å². The maximum atomic E-state index is 13.3. The zero-order valence-electron chi connectivity index (χ0n) is 23.6. The number of aryl methyl sites for hydroxylation is 3. The Kier molecular flexibility index (Phi) is 10.7. The minimum absolute atomic E-state index is 0.0473. The van der Waals surface area contributed by atoms with Crippen LogP contribution in [0.5, 0.6) is 5.75 Å². The van der Waals surface area contributed by atoms with Crippen LogP contribution in [0.1, 0.15) is 55.3 Å². The van der Waals surface area contributed by atoms with E-state index in [1.165, 1.54) is 4.90 Å². The molecule has 1 aromatic heterocycles. The summed E-state index contributed by atoms with van der Waals surface area (Å²) in [6.07, 6.45) is 7.63. The van der Waals surface area contributed by atoms with Gasteiger partial charge in [0.15, 0.2) is 6.61 Å². The van der Waals surface area contributed by atoms with Crippen molar-refractivity contribution in [3.8, 4) is 5.75 Å². The highest BCUT2D eigenvalue weighted by atomic mass is 16.5. The highest BCUT2D eigenvalue weighted by molar-refractivity contribution is 5.88. The van der Waals surface area contributed by atoms with Gasteiger partial charge in [-0.2, -0.15) is 5.10 Å². The third-order valence-electron chi connectivity index (χ3n) is 7.63. The molecule has 0 saturated heterocycles. The van der Waals surface area contributed by atoms with Crippen LogP contribution in [0.15, 0.2) is 30.5 Å². The number of fused-ring (bicyclic) bond motifs is 1. The van der Waals surface area contributed by atoms with E-state index in [2.05, 4.69) is 5.10 Å². The molecule has 0 bridgehead atoms. The molecule has 2 heterocycles. The summed E-state index contributed by atoms with van der Waals surface area (Å²) in [5, 5.41) is 4.24. The number of carbonyl (C=O) groups excluding carboxylic acids is 3. The van der Waals surface area contributed by atoms with Gasteiger partial charge >= 0.3 is 0 Å². The highest BCUT2D eigenvalue weighted by Crippen LogP contribution is 2.21. The molecule has 0 radical (unpaired) electrons. The lowest BCUT2D eigenvalue weighted by Crippen LogP contribution is -2.49. The maximum Gasteiger partial charge on any atom is 0.260 e. The van der Waals surface area contributed by atoms with Crippen molar-refractivity contribution in [2.24, 2.45) is 7.05 Å². The Morgan fingerprint density at radius 1 is 1.13 bits per heavy atom. The SMILES string of the molecule is Cc1c(CCC(=O)N(C)CCCC[C@H]2C(=O)N(C)CCCCc3ccccc3OCC(=O)N2C)cnn1C. The minimum Gasteiger partial charge on any atom is -0.483 e. The predicted octanol–water partition coefficient (Wildman–Crippen LogP) is 2.99. The zero-order chi connectivity index (χ0) is 27.7. The molecule has 0 aliphatic carbocycles. The van der Waals surface area contributed by atoms with E-state index < -0.39 is 6.04 Å². The molecule has 9 heteroatoms. The molecule has 3 rings (SSSR count). The average Bonchev–Trinajstić information content (AvgIpc) is 3.24. The van der Waals surface area contributed by atoms with Crippen molar-refractivity contribution in [2.45, 2.75) is 64.3 Å². The van der Waals surface area contributed by atoms with Gasteiger partial charge in [-0.25, -0.2) is 0 Å². The lowest BCUT2D eigenvalue weighted by molar-refractivity contribution is -0.145. The molecule has 2 aromatic rings. The molecule has 1 aromatic carbocycles. The molecule has 0 spiro atoms. The van der Waals surface area contributed by atoms with Crippen LogP contribution in [0.2, 0.25) is 0 Å². The van der Waals surface area contributed by atoms with Crippen LogP contribution >= 0.6 is 0 Å². The Labute approximate surface area is 226 Å². The summed E-state index contributed by atoms with van der Waals surface area (Å²) in [7, 11) is 7.22. The number of nitrogens with zero attached hydrogens (tertiary/aromatic N) is 5. The van der Waals surface area contributed by atoms with Crippen LogP contribution in [0.25, 0.3) is 0 Å². The summed E-state index contributed by atoms with van der Waals surface area (Å²) in [6.45, 7) is 3.16. The third kappa shape index (κ3) is 7.82. The highest BCUT2D eigenvalue weighted by Gasteiger charge is 2.29. The number of hydrogen-bond acceptors (Lipinski definition) is 5. The van der Waals surface area contributed by atoms with Crippen molar-refractivity contribution in [2.75, 3.05) is 40.8 Å². The Balaban J connectivity index is 1.54. The fourth-order valence-corrected chi connectivity index (χ4v) is 4.81. The van der Waals surface area contributed by atoms with Crippen LogP contribution in [-0.4, -0.2) is 89.1 Å². The quantitative estimate of drug-likeness (QED) is 0.495. The van der Waals surface area contributed by atoms with Gasteiger partial charge < -0.3 is 19.4 Å². The van der Waals surface area contributed by atoms with Gasteiger partial charge in [-0.1, -0.05) is 18.2 Å². The standard InChI is InChI=1S/C29H43N5O4/c1-22-24(20-30-34(22)5)16-17-27(35)31(2)18-11-9-14-25-29(37)32(3)19-10-8-13-23-12-6-7-15-26(23)38-21-28(36)33(25)4/h6-7,12,15,20,25H,8-11,13-14,16-19,21H2,1-5H3/t25-/m0/s1. The fourth-order valence-electron chi connectivity index (χ4n) is 4.81. The number of para-hydroxylation sites is 1. The molecule has 1 atom stereocenters. The molecule has 38 heavy (non-hydrogen) atoms. The van der Waals surface area contributed by atoms with Crippen molar-refractivity contribution in [3.63, 3.8) is 0 Å². The molecule has 1 aliphatic rings. The first kappa shape index (κ1) is 29.2. The van der Waals surface area contributed by atoms with Crippen molar-refractivity contribution < 1.29 is 19.1 Å². The molecule has 0 N–H and O–H groups in total. The molecule has 0 unspecified atom stereocenters. The van der Waals surface area contributed by atoms with Gasteiger partial charge in [-0.15, -0.1) is 0 Å². The molecule has 1 aliphatic heterocycles. The number of benzene rings is 1. The minimum atomic E-state index is -0.554. The van der Waals surface area contributed by atoms with E-state index in [-0.39, 0.29) is 24.3 Å². The summed E-state index contributed by atoms with van der Waals surface area (Å²) in [5.74, 6) is 0.560. The third-order valence-corrected chi connectivity index (χ3v) is 7.63. The number of carbonyl (C=O) groups is 3.